The highest BCUT2D eigenvalue weighted by molar-refractivity contribution is 5.82. The first kappa shape index (κ1) is 14.3. The van der Waals surface area contributed by atoms with E-state index >= 15 is 0 Å². The van der Waals surface area contributed by atoms with Crippen molar-refractivity contribution in [2.45, 2.75) is 52.6 Å². The Kier molecular flexibility index (Phi) is 4.41. The van der Waals surface area contributed by atoms with Crippen LogP contribution in [0.4, 0.5) is 0 Å². The molecule has 0 aromatic heterocycles. The minimum absolute atomic E-state index is 0.170. The zero-order valence-electron chi connectivity index (χ0n) is 12.5. The number of nitrogens with zero attached hydrogens (tertiary/aromatic N) is 1. The number of carbonyl (C=O) groups is 1. The summed E-state index contributed by atoms with van der Waals surface area (Å²) in [7, 11) is 0. The average molecular weight is 259 g/mol. The van der Waals surface area contributed by atoms with Gasteiger partial charge in [-0.05, 0) is 24.0 Å². The summed E-state index contributed by atoms with van der Waals surface area (Å²) in [5, 5.41) is 0. The fraction of sp³-hybridized carbons (Fsp3) is 0.588. The van der Waals surface area contributed by atoms with Gasteiger partial charge in [0.2, 0.25) is 0 Å². The summed E-state index contributed by atoms with van der Waals surface area (Å²) in [5.74, 6) is 1.17. The second kappa shape index (κ2) is 5.87. The van der Waals surface area contributed by atoms with E-state index < -0.39 is 0 Å². The molecule has 0 amide bonds. The van der Waals surface area contributed by atoms with Gasteiger partial charge in [-0.2, -0.15) is 0 Å². The molecule has 0 radical (unpaired) electrons. The van der Waals surface area contributed by atoms with E-state index in [1.54, 1.807) is 0 Å². The first-order valence-corrected chi connectivity index (χ1v) is 7.34. The van der Waals surface area contributed by atoms with E-state index in [9.17, 15) is 4.79 Å². The molecule has 0 bridgehead atoms. The highest BCUT2D eigenvalue weighted by Crippen LogP contribution is 2.23. The molecule has 1 aliphatic rings. The molecular weight excluding hydrogens is 234 g/mol. The van der Waals surface area contributed by atoms with Crippen LogP contribution in [0.3, 0.4) is 0 Å². The minimum Gasteiger partial charge on any atom is -0.299 e. The van der Waals surface area contributed by atoms with Gasteiger partial charge in [0.05, 0.1) is 0 Å². The van der Waals surface area contributed by atoms with Crippen molar-refractivity contribution >= 4 is 5.78 Å². The molecule has 2 unspecified atom stereocenters. The second-order valence-electron chi connectivity index (χ2n) is 6.11. The zero-order valence-corrected chi connectivity index (χ0v) is 12.5. The van der Waals surface area contributed by atoms with Crippen molar-refractivity contribution in [1.29, 1.82) is 0 Å². The van der Waals surface area contributed by atoms with Crippen LogP contribution in [0, 0.1) is 5.92 Å². The maximum Gasteiger partial charge on any atom is 0.138 e. The highest BCUT2D eigenvalue weighted by atomic mass is 16.1. The molecular formula is C17H25NO. The number of hydrogen-bond acceptors (Lipinski definition) is 2. The Bertz CT molecular complexity index is 435. The summed E-state index contributed by atoms with van der Waals surface area (Å²) >= 11 is 0. The molecule has 2 nitrogen and oxygen atoms in total. The van der Waals surface area contributed by atoms with Crippen LogP contribution in [0.1, 0.15) is 51.2 Å². The Morgan fingerprint density at radius 1 is 1.21 bits per heavy atom. The van der Waals surface area contributed by atoms with Gasteiger partial charge in [0, 0.05) is 31.5 Å². The molecule has 0 aliphatic carbocycles. The fourth-order valence-electron chi connectivity index (χ4n) is 2.74. The number of likely N-dealkylation sites (tertiary alicyclic amines) is 1. The van der Waals surface area contributed by atoms with Gasteiger partial charge in [0.1, 0.15) is 5.78 Å². The second-order valence-corrected chi connectivity index (χ2v) is 6.11. The predicted molar refractivity (Wildman–Crippen MR) is 79.2 cm³/mol. The van der Waals surface area contributed by atoms with Crippen LogP contribution in [-0.2, 0) is 11.3 Å². The number of rotatable bonds is 3. The van der Waals surface area contributed by atoms with E-state index in [-0.39, 0.29) is 5.92 Å². The largest absolute Gasteiger partial charge is 0.299 e. The van der Waals surface area contributed by atoms with Crippen molar-refractivity contribution in [3.63, 3.8) is 0 Å². The summed E-state index contributed by atoms with van der Waals surface area (Å²) in [6.45, 7) is 10.5. The lowest BCUT2D eigenvalue weighted by Crippen LogP contribution is -2.46. The molecule has 1 aromatic rings. The van der Waals surface area contributed by atoms with Gasteiger partial charge in [0.25, 0.3) is 0 Å². The van der Waals surface area contributed by atoms with Crippen molar-refractivity contribution in [3.8, 4) is 0 Å². The molecule has 0 N–H and O–H groups in total. The standard InChI is InChI=1S/C17H25NO/c1-12(2)16-7-5-15(6-8-16)11-18-10-9-17(19)13(3)14(18)4/h5-8,12-14H,9-11H2,1-4H3. The minimum atomic E-state index is 0.170. The normalized spacial score (nSPS) is 25.0. The summed E-state index contributed by atoms with van der Waals surface area (Å²) in [6.07, 6.45) is 0.704. The molecule has 2 heteroatoms. The fourth-order valence-corrected chi connectivity index (χ4v) is 2.74. The van der Waals surface area contributed by atoms with E-state index in [2.05, 4.69) is 56.9 Å². The Hall–Kier alpha value is -1.15. The smallest absolute Gasteiger partial charge is 0.138 e. The Morgan fingerprint density at radius 3 is 2.42 bits per heavy atom. The molecule has 1 aliphatic heterocycles. The van der Waals surface area contributed by atoms with E-state index in [1.807, 2.05) is 0 Å². The monoisotopic (exact) mass is 259 g/mol. The average Bonchev–Trinajstić information content (AvgIpc) is 2.40. The van der Waals surface area contributed by atoms with Crippen LogP contribution in [0.25, 0.3) is 0 Å². The van der Waals surface area contributed by atoms with Crippen LogP contribution in [-0.4, -0.2) is 23.3 Å². The predicted octanol–water partition coefficient (Wildman–Crippen LogP) is 3.61. The van der Waals surface area contributed by atoms with Crippen molar-refractivity contribution < 1.29 is 4.79 Å². The number of benzene rings is 1. The topological polar surface area (TPSA) is 20.3 Å². The molecule has 1 fully saturated rings. The third kappa shape index (κ3) is 3.24. The maximum atomic E-state index is 11.7. The molecule has 1 heterocycles. The molecule has 1 aromatic carbocycles. The van der Waals surface area contributed by atoms with Gasteiger partial charge in [-0.15, -0.1) is 0 Å². The summed E-state index contributed by atoms with van der Waals surface area (Å²) in [5.41, 5.74) is 2.73. The van der Waals surface area contributed by atoms with E-state index in [0.717, 1.165) is 13.1 Å². The molecule has 1 saturated heterocycles. The third-order valence-electron chi connectivity index (χ3n) is 4.48. The van der Waals surface area contributed by atoms with Crippen LogP contribution in [0.2, 0.25) is 0 Å². The molecule has 2 rings (SSSR count). The molecule has 0 spiro atoms. The number of piperidine rings is 1. The van der Waals surface area contributed by atoms with Gasteiger partial charge in [-0.1, -0.05) is 45.0 Å². The van der Waals surface area contributed by atoms with E-state index in [4.69, 9.17) is 0 Å². The van der Waals surface area contributed by atoms with Crippen molar-refractivity contribution in [2.75, 3.05) is 6.54 Å². The van der Waals surface area contributed by atoms with Gasteiger partial charge in [0.15, 0.2) is 0 Å². The number of ketones is 1. The van der Waals surface area contributed by atoms with Gasteiger partial charge in [-0.3, -0.25) is 9.69 Å². The van der Waals surface area contributed by atoms with Crippen LogP contribution in [0.5, 0.6) is 0 Å². The van der Waals surface area contributed by atoms with Crippen LogP contribution >= 0.6 is 0 Å². The highest BCUT2D eigenvalue weighted by Gasteiger charge is 2.30. The van der Waals surface area contributed by atoms with E-state index in [0.29, 0.717) is 24.2 Å². The van der Waals surface area contributed by atoms with Crippen LogP contribution < -0.4 is 0 Å². The van der Waals surface area contributed by atoms with E-state index in [1.165, 1.54) is 11.1 Å². The quantitative estimate of drug-likeness (QED) is 0.826. The van der Waals surface area contributed by atoms with Crippen LogP contribution in [0.15, 0.2) is 24.3 Å². The van der Waals surface area contributed by atoms with Crippen molar-refractivity contribution in [3.05, 3.63) is 35.4 Å². The van der Waals surface area contributed by atoms with Crippen molar-refractivity contribution in [1.82, 2.24) is 4.90 Å². The molecule has 0 saturated carbocycles. The molecule has 104 valence electrons. The zero-order chi connectivity index (χ0) is 14.0. The lowest BCUT2D eigenvalue weighted by Gasteiger charge is -2.37. The lowest BCUT2D eigenvalue weighted by atomic mass is 9.90. The Labute approximate surface area is 116 Å². The summed E-state index contributed by atoms with van der Waals surface area (Å²) < 4.78 is 0. The maximum absolute atomic E-state index is 11.7. The Morgan fingerprint density at radius 2 is 1.84 bits per heavy atom. The molecule has 2 atom stereocenters. The molecule has 19 heavy (non-hydrogen) atoms. The first-order valence-electron chi connectivity index (χ1n) is 7.34. The third-order valence-corrected chi connectivity index (χ3v) is 4.48. The number of hydrogen-bond donors (Lipinski definition) is 0. The Balaban J connectivity index is 2.03. The SMILES string of the molecule is CC(C)c1ccc(CN2CCC(=O)C(C)C2C)cc1. The van der Waals surface area contributed by atoms with Gasteiger partial charge >= 0.3 is 0 Å². The van der Waals surface area contributed by atoms with Gasteiger partial charge < -0.3 is 0 Å². The summed E-state index contributed by atoms with van der Waals surface area (Å²) in [6, 6.07) is 9.25. The lowest BCUT2D eigenvalue weighted by molar-refractivity contribution is -0.128. The summed E-state index contributed by atoms with van der Waals surface area (Å²) in [4.78, 5) is 14.1. The number of Topliss-reactive ketones (excluding diaryl/α,β-unsaturated/α-hetero) is 1. The first-order chi connectivity index (χ1) is 8.99. The van der Waals surface area contributed by atoms with Crippen molar-refractivity contribution in [2.24, 2.45) is 5.92 Å². The number of carbonyl (C=O) groups excluding carboxylic acids is 1. The van der Waals surface area contributed by atoms with Gasteiger partial charge in [-0.25, -0.2) is 0 Å².